The molecule has 4 rings (SSSR count). The number of aryl methyl sites for hydroxylation is 1. The van der Waals surface area contributed by atoms with Crippen LogP contribution in [0, 0.1) is 5.92 Å². The number of ether oxygens (including phenoxy) is 1. The second-order valence-electron chi connectivity index (χ2n) is 6.27. The Balaban J connectivity index is 1.27. The molecule has 1 aromatic heterocycles. The predicted molar refractivity (Wildman–Crippen MR) is 94.3 cm³/mol. The van der Waals surface area contributed by atoms with Crippen molar-refractivity contribution in [1.29, 1.82) is 0 Å². The number of benzene rings is 2. The molecule has 0 fully saturated rings. The zero-order chi connectivity index (χ0) is 17.1. The fourth-order valence-corrected chi connectivity index (χ4v) is 3.16. The zero-order valence-electron chi connectivity index (χ0n) is 13.9. The highest BCUT2D eigenvalue weighted by Gasteiger charge is 2.25. The first kappa shape index (κ1) is 15.6. The Morgan fingerprint density at radius 2 is 2.04 bits per heavy atom. The predicted octanol–water partition coefficient (Wildman–Crippen LogP) is 2.19. The highest BCUT2D eigenvalue weighted by molar-refractivity contribution is 5.79. The molecule has 0 unspecified atom stereocenters. The molecule has 0 saturated heterocycles. The van der Waals surface area contributed by atoms with Gasteiger partial charge < -0.3 is 10.1 Å². The van der Waals surface area contributed by atoms with Crippen molar-refractivity contribution in [3.8, 4) is 5.75 Å². The summed E-state index contributed by atoms with van der Waals surface area (Å²) >= 11 is 0. The summed E-state index contributed by atoms with van der Waals surface area (Å²) in [6.07, 6.45) is 1.54. The van der Waals surface area contributed by atoms with E-state index >= 15 is 0 Å². The lowest BCUT2D eigenvalue weighted by atomic mass is 9.96. The van der Waals surface area contributed by atoms with Crippen molar-refractivity contribution >= 4 is 16.9 Å². The van der Waals surface area contributed by atoms with Crippen LogP contribution < -0.4 is 10.1 Å². The van der Waals surface area contributed by atoms with Gasteiger partial charge in [-0.1, -0.05) is 35.5 Å². The van der Waals surface area contributed by atoms with Crippen molar-refractivity contribution < 1.29 is 9.53 Å². The number of amides is 1. The molecule has 6 heteroatoms. The van der Waals surface area contributed by atoms with Crippen LogP contribution in [0.25, 0.3) is 11.0 Å². The number of nitrogens with one attached hydrogen (secondary N) is 1. The van der Waals surface area contributed by atoms with E-state index in [2.05, 4.69) is 15.6 Å². The van der Waals surface area contributed by atoms with Crippen LogP contribution in [0.15, 0.2) is 48.5 Å². The number of para-hydroxylation sites is 2. The lowest BCUT2D eigenvalue weighted by Gasteiger charge is -2.24. The van der Waals surface area contributed by atoms with Gasteiger partial charge in [0.1, 0.15) is 17.9 Å². The number of nitrogens with zero attached hydrogens (tertiary/aromatic N) is 3. The van der Waals surface area contributed by atoms with Crippen molar-refractivity contribution in [3.63, 3.8) is 0 Å². The molecular weight excluding hydrogens is 316 g/mol. The molecule has 0 aliphatic carbocycles. The zero-order valence-corrected chi connectivity index (χ0v) is 13.9. The van der Waals surface area contributed by atoms with Gasteiger partial charge in [-0.2, -0.15) is 0 Å². The quantitative estimate of drug-likeness (QED) is 0.725. The second kappa shape index (κ2) is 6.93. The maximum atomic E-state index is 12.4. The van der Waals surface area contributed by atoms with Crippen LogP contribution in [0.5, 0.6) is 5.75 Å². The molecular formula is C19H20N4O2. The van der Waals surface area contributed by atoms with E-state index in [9.17, 15) is 4.79 Å². The van der Waals surface area contributed by atoms with E-state index in [1.165, 1.54) is 0 Å². The Morgan fingerprint density at radius 1 is 1.20 bits per heavy atom. The third-order valence-corrected chi connectivity index (χ3v) is 4.52. The fourth-order valence-electron chi connectivity index (χ4n) is 3.16. The molecule has 1 N–H and O–H groups in total. The van der Waals surface area contributed by atoms with Crippen LogP contribution in [0.4, 0.5) is 0 Å². The number of fused-ring (bicyclic) bond motifs is 2. The van der Waals surface area contributed by atoms with Gasteiger partial charge in [0, 0.05) is 13.1 Å². The Morgan fingerprint density at radius 3 is 3.00 bits per heavy atom. The van der Waals surface area contributed by atoms with Gasteiger partial charge in [-0.25, -0.2) is 4.68 Å². The molecule has 6 nitrogen and oxygen atoms in total. The standard InChI is InChI=1S/C19H20N4O2/c24-19(15-12-14-6-1-4-9-18(14)25-13-15)20-10-5-11-23-17-8-3-2-7-16(17)21-22-23/h1-4,6-9,15H,5,10-13H2,(H,20,24)/t15-/m0/s1. The maximum absolute atomic E-state index is 12.4. The van der Waals surface area contributed by atoms with Crippen molar-refractivity contribution in [2.24, 2.45) is 5.92 Å². The Kier molecular flexibility index (Phi) is 4.33. The van der Waals surface area contributed by atoms with Crippen molar-refractivity contribution in [2.75, 3.05) is 13.2 Å². The van der Waals surface area contributed by atoms with E-state index in [1.807, 2.05) is 53.2 Å². The van der Waals surface area contributed by atoms with Crippen LogP contribution in [0.3, 0.4) is 0 Å². The molecule has 1 aliphatic heterocycles. The summed E-state index contributed by atoms with van der Waals surface area (Å²) in [5, 5.41) is 11.3. The molecule has 25 heavy (non-hydrogen) atoms. The lowest BCUT2D eigenvalue weighted by molar-refractivity contribution is -0.126. The van der Waals surface area contributed by atoms with Crippen LogP contribution in [0.2, 0.25) is 0 Å². The molecule has 2 aromatic carbocycles. The highest BCUT2D eigenvalue weighted by Crippen LogP contribution is 2.26. The molecule has 0 saturated carbocycles. The molecule has 3 aromatic rings. The number of hydrogen-bond donors (Lipinski definition) is 1. The Labute approximate surface area is 145 Å². The molecule has 0 bridgehead atoms. The topological polar surface area (TPSA) is 69.0 Å². The summed E-state index contributed by atoms with van der Waals surface area (Å²) in [4.78, 5) is 12.4. The first-order chi connectivity index (χ1) is 12.3. The van der Waals surface area contributed by atoms with Gasteiger partial charge >= 0.3 is 0 Å². The van der Waals surface area contributed by atoms with Gasteiger partial charge in [0.05, 0.1) is 11.4 Å². The molecule has 2 heterocycles. The molecule has 0 spiro atoms. The second-order valence-corrected chi connectivity index (χ2v) is 6.27. The normalized spacial score (nSPS) is 16.2. The van der Waals surface area contributed by atoms with Crippen molar-refractivity contribution in [1.82, 2.24) is 20.3 Å². The minimum absolute atomic E-state index is 0.0537. The van der Waals surface area contributed by atoms with Crippen molar-refractivity contribution in [3.05, 3.63) is 54.1 Å². The number of carbonyl (C=O) groups is 1. The van der Waals surface area contributed by atoms with E-state index in [0.717, 1.165) is 41.7 Å². The first-order valence-corrected chi connectivity index (χ1v) is 8.58. The van der Waals surface area contributed by atoms with Crippen LogP contribution in [0.1, 0.15) is 12.0 Å². The third kappa shape index (κ3) is 3.33. The number of aromatic nitrogens is 3. The van der Waals surface area contributed by atoms with Crippen molar-refractivity contribution in [2.45, 2.75) is 19.4 Å². The monoisotopic (exact) mass is 336 g/mol. The average molecular weight is 336 g/mol. The molecule has 128 valence electrons. The minimum Gasteiger partial charge on any atom is -0.492 e. The first-order valence-electron chi connectivity index (χ1n) is 8.58. The van der Waals surface area contributed by atoms with E-state index < -0.39 is 0 Å². The largest absolute Gasteiger partial charge is 0.492 e. The summed E-state index contributed by atoms with van der Waals surface area (Å²) in [5.74, 6) is 0.824. The number of hydrogen-bond acceptors (Lipinski definition) is 4. The molecule has 1 aliphatic rings. The van der Waals surface area contributed by atoms with Crippen LogP contribution in [-0.4, -0.2) is 34.1 Å². The van der Waals surface area contributed by atoms with Gasteiger partial charge in [-0.15, -0.1) is 5.10 Å². The van der Waals surface area contributed by atoms with Gasteiger partial charge in [-0.05, 0) is 36.6 Å². The molecule has 1 atom stereocenters. The summed E-state index contributed by atoms with van der Waals surface area (Å²) in [6.45, 7) is 1.78. The summed E-state index contributed by atoms with van der Waals surface area (Å²) in [5.41, 5.74) is 3.01. The summed E-state index contributed by atoms with van der Waals surface area (Å²) < 4.78 is 7.56. The van der Waals surface area contributed by atoms with Crippen LogP contribution in [-0.2, 0) is 17.8 Å². The minimum atomic E-state index is -0.123. The lowest BCUT2D eigenvalue weighted by Crippen LogP contribution is -2.38. The fraction of sp³-hybridized carbons (Fsp3) is 0.316. The van der Waals surface area contributed by atoms with Gasteiger partial charge in [0.15, 0.2) is 0 Å². The Bertz CT molecular complexity index is 890. The molecule has 1 amide bonds. The van der Waals surface area contributed by atoms with Gasteiger partial charge in [0.25, 0.3) is 0 Å². The van der Waals surface area contributed by atoms with Crippen LogP contribution >= 0.6 is 0 Å². The SMILES string of the molecule is O=C(NCCCn1nnc2ccccc21)[C@@H]1COc2ccccc2C1. The Hall–Kier alpha value is -2.89. The van der Waals surface area contributed by atoms with Gasteiger partial charge in [0.2, 0.25) is 5.91 Å². The maximum Gasteiger partial charge on any atom is 0.226 e. The van der Waals surface area contributed by atoms with Gasteiger partial charge in [-0.3, -0.25) is 4.79 Å². The van der Waals surface area contributed by atoms with E-state index in [-0.39, 0.29) is 11.8 Å². The van der Waals surface area contributed by atoms with E-state index in [1.54, 1.807) is 0 Å². The van der Waals surface area contributed by atoms with E-state index in [0.29, 0.717) is 13.2 Å². The highest BCUT2D eigenvalue weighted by atomic mass is 16.5. The smallest absolute Gasteiger partial charge is 0.226 e. The average Bonchev–Trinajstić information content (AvgIpc) is 3.08. The van der Waals surface area contributed by atoms with E-state index in [4.69, 9.17) is 4.74 Å². The summed E-state index contributed by atoms with van der Waals surface area (Å²) in [7, 11) is 0. The number of carbonyl (C=O) groups excluding carboxylic acids is 1. The molecule has 0 radical (unpaired) electrons. The third-order valence-electron chi connectivity index (χ3n) is 4.52. The summed E-state index contributed by atoms with van der Waals surface area (Å²) in [6, 6.07) is 15.8. The number of rotatable bonds is 5.